The number of carbonyl (C=O) groups is 1. The third-order valence-corrected chi connectivity index (χ3v) is 5.64. The molecule has 0 fully saturated rings. The zero-order chi connectivity index (χ0) is 20.9. The van der Waals surface area contributed by atoms with E-state index in [-0.39, 0.29) is 17.6 Å². The van der Waals surface area contributed by atoms with Crippen LogP contribution in [-0.2, 0) is 30.7 Å². The van der Waals surface area contributed by atoms with Crippen molar-refractivity contribution in [3.8, 4) is 11.1 Å². The lowest BCUT2D eigenvalue weighted by Crippen LogP contribution is -2.36. The number of hydrogen-bond donors (Lipinski definition) is 1. The average molecular weight is 405 g/mol. The summed E-state index contributed by atoms with van der Waals surface area (Å²) < 4.78 is 3.33. The van der Waals surface area contributed by atoms with E-state index in [1.165, 1.54) is 5.56 Å². The molecule has 1 unspecified atom stereocenters. The number of carbonyl (C=O) groups excluding carboxylic acids is 1. The topological polar surface area (TPSA) is 68.9 Å². The molecule has 4 rings (SSSR count). The molecule has 1 aliphatic heterocycles. The maximum atomic E-state index is 12.6. The molecule has 6 heteroatoms. The first kappa shape index (κ1) is 20.1. The molecule has 2 heterocycles. The van der Waals surface area contributed by atoms with Gasteiger partial charge in [-0.2, -0.15) is 5.10 Å². The van der Waals surface area contributed by atoms with E-state index in [0.717, 1.165) is 36.2 Å². The molecule has 0 saturated heterocycles. The minimum absolute atomic E-state index is 0.0235. The highest BCUT2D eigenvalue weighted by Crippen LogP contribution is 2.19. The van der Waals surface area contributed by atoms with Gasteiger partial charge in [-0.3, -0.25) is 9.36 Å². The minimum atomic E-state index is -0.0302. The molecule has 3 aromatic rings. The van der Waals surface area contributed by atoms with E-state index in [1.807, 2.05) is 37.3 Å². The van der Waals surface area contributed by atoms with Gasteiger partial charge in [0.2, 0.25) is 5.91 Å². The van der Waals surface area contributed by atoms with E-state index in [9.17, 15) is 9.59 Å². The zero-order valence-corrected chi connectivity index (χ0v) is 17.4. The molecule has 0 aliphatic carbocycles. The van der Waals surface area contributed by atoms with Gasteiger partial charge in [0.05, 0.1) is 6.42 Å². The second kappa shape index (κ2) is 9.11. The van der Waals surface area contributed by atoms with Gasteiger partial charge in [0.15, 0.2) is 0 Å². The molecule has 1 N–H and O–H groups in total. The second-order valence-corrected chi connectivity index (χ2v) is 7.91. The third-order valence-electron chi connectivity index (χ3n) is 5.64. The molecule has 6 nitrogen and oxygen atoms in total. The van der Waals surface area contributed by atoms with Crippen molar-refractivity contribution in [1.82, 2.24) is 19.7 Å². The fourth-order valence-corrected chi connectivity index (χ4v) is 4.04. The zero-order valence-electron chi connectivity index (χ0n) is 17.4. The van der Waals surface area contributed by atoms with Crippen molar-refractivity contribution in [3.63, 3.8) is 0 Å². The van der Waals surface area contributed by atoms with Crippen LogP contribution in [0.25, 0.3) is 11.1 Å². The Morgan fingerprint density at radius 2 is 1.80 bits per heavy atom. The summed E-state index contributed by atoms with van der Waals surface area (Å²) >= 11 is 0. The van der Waals surface area contributed by atoms with Crippen LogP contribution in [-0.4, -0.2) is 26.3 Å². The van der Waals surface area contributed by atoms with Crippen LogP contribution in [0, 0.1) is 0 Å². The van der Waals surface area contributed by atoms with E-state index in [0.29, 0.717) is 25.9 Å². The second-order valence-electron chi connectivity index (χ2n) is 7.91. The molecular weight excluding hydrogens is 376 g/mol. The number of amides is 1. The first-order chi connectivity index (χ1) is 14.6. The Hall–Kier alpha value is -3.15. The quantitative estimate of drug-likeness (QED) is 0.686. The number of fused-ring (bicyclic) bond motifs is 1. The Labute approximate surface area is 176 Å². The SMILES string of the molecule is CCCn1nc2n(c1=O)CCC(NC(=O)Cc1ccc(-c3ccccc3)cc1)CC2. The number of nitrogens with zero attached hydrogens (tertiary/aromatic N) is 3. The Balaban J connectivity index is 1.33. The summed E-state index contributed by atoms with van der Waals surface area (Å²) in [6, 6.07) is 18.4. The van der Waals surface area contributed by atoms with Crippen molar-refractivity contribution in [2.45, 2.75) is 58.2 Å². The summed E-state index contributed by atoms with van der Waals surface area (Å²) in [7, 11) is 0. The van der Waals surface area contributed by atoms with E-state index < -0.39 is 0 Å². The summed E-state index contributed by atoms with van der Waals surface area (Å²) in [6.07, 6.45) is 3.52. The number of nitrogens with one attached hydrogen (secondary N) is 1. The van der Waals surface area contributed by atoms with Crippen LogP contribution in [0.15, 0.2) is 59.4 Å². The molecule has 0 bridgehead atoms. The number of benzene rings is 2. The number of aromatic nitrogens is 3. The Morgan fingerprint density at radius 1 is 1.07 bits per heavy atom. The fourth-order valence-electron chi connectivity index (χ4n) is 4.04. The van der Waals surface area contributed by atoms with Crippen LogP contribution < -0.4 is 11.0 Å². The maximum absolute atomic E-state index is 12.6. The van der Waals surface area contributed by atoms with E-state index in [4.69, 9.17) is 0 Å². The summed E-state index contributed by atoms with van der Waals surface area (Å²) in [4.78, 5) is 25.0. The third kappa shape index (κ3) is 4.53. The van der Waals surface area contributed by atoms with E-state index >= 15 is 0 Å². The monoisotopic (exact) mass is 404 g/mol. The molecule has 0 saturated carbocycles. The molecule has 0 radical (unpaired) electrons. The predicted octanol–water partition coefficient (Wildman–Crippen LogP) is 3.19. The number of hydrogen-bond acceptors (Lipinski definition) is 3. The number of rotatable bonds is 6. The lowest BCUT2D eigenvalue weighted by atomic mass is 10.0. The van der Waals surface area contributed by atoms with Gasteiger partial charge >= 0.3 is 5.69 Å². The Morgan fingerprint density at radius 3 is 2.53 bits per heavy atom. The minimum Gasteiger partial charge on any atom is -0.353 e. The Kier molecular flexibility index (Phi) is 6.12. The van der Waals surface area contributed by atoms with Gasteiger partial charge in [0, 0.05) is 25.6 Å². The predicted molar refractivity (Wildman–Crippen MR) is 117 cm³/mol. The summed E-state index contributed by atoms with van der Waals surface area (Å²) in [5.41, 5.74) is 3.28. The average Bonchev–Trinajstić information content (AvgIpc) is 2.92. The van der Waals surface area contributed by atoms with Crippen LogP contribution in [0.1, 0.15) is 37.6 Å². The molecule has 30 heavy (non-hydrogen) atoms. The van der Waals surface area contributed by atoms with Crippen LogP contribution in [0.3, 0.4) is 0 Å². The summed E-state index contributed by atoms with van der Waals surface area (Å²) in [6.45, 7) is 3.30. The number of aryl methyl sites for hydroxylation is 2. The van der Waals surface area contributed by atoms with E-state index in [1.54, 1.807) is 9.25 Å². The maximum Gasteiger partial charge on any atom is 0.345 e. The van der Waals surface area contributed by atoms with Crippen LogP contribution >= 0.6 is 0 Å². The van der Waals surface area contributed by atoms with Gasteiger partial charge in [-0.15, -0.1) is 0 Å². The first-order valence-corrected chi connectivity index (χ1v) is 10.7. The van der Waals surface area contributed by atoms with Crippen molar-refractivity contribution in [2.75, 3.05) is 0 Å². The van der Waals surface area contributed by atoms with Gasteiger partial charge in [0.1, 0.15) is 5.82 Å². The highest BCUT2D eigenvalue weighted by molar-refractivity contribution is 5.79. The molecule has 0 spiro atoms. The molecule has 1 amide bonds. The Bertz CT molecular complexity index is 1050. The summed E-state index contributed by atoms with van der Waals surface area (Å²) in [5.74, 6) is 0.858. The molecule has 1 aromatic heterocycles. The lowest BCUT2D eigenvalue weighted by Gasteiger charge is -2.16. The standard InChI is InChI=1S/C24H28N4O2/c1-2-15-28-24(30)27-16-14-21(12-13-22(27)26-28)25-23(29)17-18-8-10-20(11-9-18)19-6-4-3-5-7-19/h3-11,21H,2,12-17H2,1H3,(H,25,29). The van der Waals surface area contributed by atoms with Crippen LogP contribution in [0.2, 0.25) is 0 Å². The molecule has 1 atom stereocenters. The van der Waals surface area contributed by atoms with Crippen molar-refractivity contribution >= 4 is 5.91 Å². The van der Waals surface area contributed by atoms with Crippen LogP contribution in [0.5, 0.6) is 0 Å². The molecule has 156 valence electrons. The van der Waals surface area contributed by atoms with Crippen molar-refractivity contribution in [1.29, 1.82) is 0 Å². The van der Waals surface area contributed by atoms with E-state index in [2.05, 4.69) is 34.7 Å². The molecular formula is C24H28N4O2. The fraction of sp³-hybridized carbons (Fsp3) is 0.375. The van der Waals surface area contributed by atoms with Gasteiger partial charge in [-0.05, 0) is 36.0 Å². The van der Waals surface area contributed by atoms with Crippen molar-refractivity contribution in [3.05, 3.63) is 76.5 Å². The van der Waals surface area contributed by atoms with Crippen LogP contribution in [0.4, 0.5) is 0 Å². The van der Waals surface area contributed by atoms with Gasteiger partial charge in [0.25, 0.3) is 0 Å². The first-order valence-electron chi connectivity index (χ1n) is 10.7. The largest absolute Gasteiger partial charge is 0.353 e. The molecule has 1 aliphatic rings. The molecule has 2 aromatic carbocycles. The van der Waals surface area contributed by atoms with Gasteiger partial charge in [-0.25, -0.2) is 9.48 Å². The van der Waals surface area contributed by atoms with Gasteiger partial charge < -0.3 is 5.32 Å². The highest BCUT2D eigenvalue weighted by Gasteiger charge is 2.21. The lowest BCUT2D eigenvalue weighted by molar-refractivity contribution is -0.121. The van der Waals surface area contributed by atoms with Gasteiger partial charge in [-0.1, -0.05) is 61.5 Å². The highest BCUT2D eigenvalue weighted by atomic mass is 16.2. The van der Waals surface area contributed by atoms with Crippen molar-refractivity contribution < 1.29 is 4.79 Å². The van der Waals surface area contributed by atoms with Crippen molar-refractivity contribution in [2.24, 2.45) is 0 Å². The summed E-state index contributed by atoms with van der Waals surface area (Å²) in [5, 5.41) is 7.62. The smallest absolute Gasteiger partial charge is 0.345 e. The normalized spacial score (nSPS) is 16.0.